The van der Waals surface area contributed by atoms with Crippen LogP contribution in [-0.2, 0) is 6.18 Å². The molecule has 0 spiro atoms. The molecule has 4 nitrogen and oxygen atoms in total. The lowest BCUT2D eigenvalue weighted by Crippen LogP contribution is -2.29. The molecule has 9 heteroatoms. The maximum absolute atomic E-state index is 12.0. The van der Waals surface area contributed by atoms with Crippen LogP contribution in [0.15, 0.2) is 24.3 Å². The summed E-state index contributed by atoms with van der Waals surface area (Å²) in [6.45, 7) is 0. The normalized spacial score (nSPS) is 10.2. The second kappa shape index (κ2) is 6.54. The molecule has 0 saturated carbocycles. The van der Waals surface area contributed by atoms with Crippen LogP contribution in [0.4, 0.5) is 13.2 Å². The third kappa shape index (κ3) is 5.17. The molecule has 0 aliphatic rings. The molecule has 1 radical (unpaired) electrons. The Kier molecular flexibility index (Phi) is 6.12. The summed E-state index contributed by atoms with van der Waals surface area (Å²) < 4.78 is 36.0. The minimum absolute atomic E-state index is 0. The van der Waals surface area contributed by atoms with Gasteiger partial charge in [-0.1, -0.05) is 24.3 Å². The van der Waals surface area contributed by atoms with Crippen molar-refractivity contribution in [2.24, 2.45) is 0 Å². The third-order valence-corrected chi connectivity index (χ3v) is 1.54. The average molecular weight is 235 g/mol. The Morgan fingerprint density at radius 1 is 1.00 bits per heavy atom. The summed E-state index contributed by atoms with van der Waals surface area (Å²) in [5, 5.41) is 31.2. The maximum Gasteiger partial charge on any atom is 0.488 e. The van der Waals surface area contributed by atoms with Gasteiger partial charge >= 0.3 is 21.0 Å². The quantitative estimate of drug-likeness (QED) is 0.465. The molecule has 0 fully saturated rings. The Bertz CT molecular complexity index is 301. The molecule has 0 aromatic heterocycles. The molecule has 1 aromatic carbocycles. The van der Waals surface area contributed by atoms with Crippen molar-refractivity contribution in [2.45, 2.75) is 6.18 Å². The second-order valence-corrected chi connectivity index (χ2v) is 2.61. The van der Waals surface area contributed by atoms with Gasteiger partial charge in [0.2, 0.25) is 0 Å². The van der Waals surface area contributed by atoms with E-state index >= 15 is 0 Å². The molecule has 0 unspecified atom stereocenters. The smallest absolute Gasteiger partial charge is 0.429 e. The zero-order chi connectivity index (χ0) is 12.8. The Hall–Kier alpha value is -1.02. The van der Waals surface area contributed by atoms with E-state index in [1.54, 1.807) is 0 Å². The Morgan fingerprint density at radius 2 is 1.38 bits per heavy atom. The van der Waals surface area contributed by atoms with Gasteiger partial charge in [-0.3, -0.25) is 0 Å². The summed E-state index contributed by atoms with van der Waals surface area (Å²) in [4.78, 5) is 0. The van der Waals surface area contributed by atoms with Crippen molar-refractivity contribution in [3.8, 4) is 0 Å². The minimum Gasteiger partial charge on any atom is -0.429 e. The van der Waals surface area contributed by atoms with Crippen molar-refractivity contribution in [3.05, 3.63) is 29.8 Å². The molecule has 0 amide bonds. The van der Waals surface area contributed by atoms with Gasteiger partial charge in [0.05, 0.1) is 5.56 Å². The lowest BCUT2D eigenvalue weighted by atomic mass is 9.80. The lowest BCUT2D eigenvalue weighted by Gasteiger charge is -2.06. The van der Waals surface area contributed by atoms with E-state index in [1.807, 2.05) is 0 Å². The average Bonchev–Trinajstić information content (AvgIpc) is 2.18. The summed E-state index contributed by atoms with van der Waals surface area (Å²) in [5.74, 6) is 0. The summed E-state index contributed by atoms with van der Waals surface area (Å²) in [6.07, 6.45) is -4.39. The van der Waals surface area contributed by atoms with Gasteiger partial charge in [-0.05, 0) is 5.46 Å². The highest BCUT2D eigenvalue weighted by Crippen LogP contribution is 2.28. The van der Waals surface area contributed by atoms with Crippen molar-refractivity contribution in [3.63, 3.8) is 0 Å². The third-order valence-electron chi connectivity index (χ3n) is 1.54. The van der Waals surface area contributed by atoms with Gasteiger partial charge in [-0.2, -0.15) is 13.2 Å². The molecule has 0 aliphatic heterocycles. The van der Waals surface area contributed by atoms with Gasteiger partial charge in [0.1, 0.15) is 0 Å². The van der Waals surface area contributed by atoms with E-state index in [4.69, 9.17) is 20.1 Å². The number of alkyl halides is 3. The predicted octanol–water partition coefficient (Wildman–Crippen LogP) is -1.11. The first kappa shape index (κ1) is 15.0. The molecule has 1 rings (SSSR count). The molecule has 4 N–H and O–H groups in total. The Morgan fingerprint density at radius 3 is 1.62 bits per heavy atom. The van der Waals surface area contributed by atoms with E-state index in [1.165, 1.54) is 0 Å². The highest BCUT2D eigenvalue weighted by molar-refractivity contribution is 6.58. The molecule has 0 atom stereocenters. The van der Waals surface area contributed by atoms with Crippen LogP contribution in [0.1, 0.15) is 5.56 Å². The SMILES string of the molecule is OB(O)c1ccc(C(F)(F)F)cc1.O[B]O. The molecule has 1 aromatic rings. The van der Waals surface area contributed by atoms with Crippen LogP contribution < -0.4 is 5.46 Å². The van der Waals surface area contributed by atoms with Gasteiger partial charge in [0.25, 0.3) is 0 Å². The highest BCUT2D eigenvalue weighted by Gasteiger charge is 2.30. The monoisotopic (exact) mass is 235 g/mol. The number of benzene rings is 1. The van der Waals surface area contributed by atoms with Crippen molar-refractivity contribution < 1.29 is 33.3 Å². The number of hydrogen-bond acceptors (Lipinski definition) is 4. The summed E-state index contributed by atoms with van der Waals surface area (Å²) in [5.41, 5.74) is -0.773. The first-order valence-corrected chi connectivity index (χ1v) is 3.96. The van der Waals surface area contributed by atoms with Crippen molar-refractivity contribution in [1.82, 2.24) is 0 Å². The first-order valence-electron chi connectivity index (χ1n) is 3.96. The highest BCUT2D eigenvalue weighted by atomic mass is 19.4. The Labute approximate surface area is 90.4 Å². The second-order valence-electron chi connectivity index (χ2n) is 2.61. The van der Waals surface area contributed by atoms with E-state index in [9.17, 15) is 13.2 Å². The molecular formula is C7H8B2F3O4. The fourth-order valence-corrected chi connectivity index (χ4v) is 0.844. The summed E-state index contributed by atoms with van der Waals surface area (Å²) in [7, 11) is -1.73. The lowest BCUT2D eigenvalue weighted by molar-refractivity contribution is -0.137. The van der Waals surface area contributed by atoms with Crippen molar-refractivity contribution >= 4 is 20.3 Å². The van der Waals surface area contributed by atoms with Crippen LogP contribution in [0.3, 0.4) is 0 Å². The standard InChI is InChI=1S/C7H6BF3O2.BH2O2/c9-7(10,11)5-1-3-6(4-2-5)8(12)13;2-1-3/h1-4,12-13H;2-3H. The van der Waals surface area contributed by atoms with Crippen LogP contribution in [-0.4, -0.2) is 34.9 Å². The van der Waals surface area contributed by atoms with E-state index in [2.05, 4.69) is 0 Å². The van der Waals surface area contributed by atoms with E-state index in [-0.39, 0.29) is 13.1 Å². The zero-order valence-corrected chi connectivity index (χ0v) is 7.89. The number of halogens is 3. The molecule has 0 saturated heterocycles. The van der Waals surface area contributed by atoms with E-state index in [0.717, 1.165) is 24.3 Å². The van der Waals surface area contributed by atoms with Crippen molar-refractivity contribution in [2.75, 3.05) is 0 Å². The largest absolute Gasteiger partial charge is 0.488 e. The topological polar surface area (TPSA) is 80.9 Å². The minimum atomic E-state index is -4.39. The molecule has 0 bridgehead atoms. The predicted molar refractivity (Wildman–Crippen MR) is 51.5 cm³/mol. The first-order chi connectivity index (χ1) is 7.32. The Balaban J connectivity index is 0.000000673. The fraction of sp³-hybridized carbons (Fsp3) is 0.143. The van der Waals surface area contributed by atoms with Crippen LogP contribution >= 0.6 is 0 Å². The van der Waals surface area contributed by atoms with Gasteiger partial charge in [0.15, 0.2) is 0 Å². The van der Waals surface area contributed by atoms with Crippen LogP contribution in [0.5, 0.6) is 0 Å². The summed E-state index contributed by atoms with van der Waals surface area (Å²) in [6, 6.07) is 3.64. The van der Waals surface area contributed by atoms with E-state index in [0.29, 0.717) is 0 Å². The molecule has 16 heavy (non-hydrogen) atoms. The van der Waals surface area contributed by atoms with Gasteiger partial charge < -0.3 is 20.1 Å². The molecule has 0 aliphatic carbocycles. The zero-order valence-electron chi connectivity index (χ0n) is 7.89. The molecule has 0 heterocycles. The fourth-order valence-electron chi connectivity index (χ4n) is 0.844. The van der Waals surface area contributed by atoms with E-state index < -0.39 is 18.9 Å². The van der Waals surface area contributed by atoms with Crippen LogP contribution in [0.25, 0.3) is 0 Å². The van der Waals surface area contributed by atoms with Gasteiger partial charge in [-0.25, -0.2) is 0 Å². The molecular weight excluding hydrogens is 227 g/mol. The summed E-state index contributed by atoms with van der Waals surface area (Å²) >= 11 is 0. The van der Waals surface area contributed by atoms with Crippen LogP contribution in [0, 0.1) is 0 Å². The maximum atomic E-state index is 12.0. The van der Waals surface area contributed by atoms with Gasteiger partial charge in [-0.15, -0.1) is 0 Å². The van der Waals surface area contributed by atoms with Crippen molar-refractivity contribution in [1.29, 1.82) is 0 Å². The number of rotatable bonds is 1. The molecule has 87 valence electrons. The van der Waals surface area contributed by atoms with Crippen LogP contribution in [0.2, 0.25) is 0 Å². The number of hydrogen-bond donors (Lipinski definition) is 4. The van der Waals surface area contributed by atoms with Gasteiger partial charge in [0, 0.05) is 0 Å².